The van der Waals surface area contributed by atoms with E-state index in [-0.39, 0.29) is 5.91 Å². The van der Waals surface area contributed by atoms with E-state index in [1.807, 2.05) is 41.4 Å². The number of hydrogen-bond acceptors (Lipinski definition) is 12. The smallest absolute Gasteiger partial charge is 0.269 e. The number of nitrogens with two attached hydrogens (primary N) is 2. The van der Waals surface area contributed by atoms with Crippen LogP contribution in [0.1, 0.15) is 54.4 Å². The van der Waals surface area contributed by atoms with E-state index in [1.54, 1.807) is 31.3 Å². The Hall–Kier alpha value is -4.97. The van der Waals surface area contributed by atoms with E-state index in [0.29, 0.717) is 70.8 Å². The summed E-state index contributed by atoms with van der Waals surface area (Å²) in [6.07, 6.45) is 7.29. The number of benzene rings is 2. The molecule has 0 unspecified atom stereocenters. The minimum absolute atomic E-state index is 0.301. The van der Waals surface area contributed by atoms with Crippen molar-refractivity contribution in [2.24, 2.45) is 11.5 Å². The first-order valence-electron chi connectivity index (χ1n) is 17.4. The number of imidazole rings is 2. The number of amides is 3. The molecule has 0 saturated carbocycles. The molecule has 1 aliphatic rings. The molecular weight excluding hydrogens is 717 g/mol. The minimum Gasteiger partial charge on any atom is -0.491 e. The lowest BCUT2D eigenvalue weighted by Gasteiger charge is -2.26. The third-order valence-corrected chi connectivity index (χ3v) is 10.7. The summed E-state index contributed by atoms with van der Waals surface area (Å²) >= 11 is 2.79. The Balaban J connectivity index is 1.30. The second-order valence-corrected chi connectivity index (χ2v) is 14.5. The van der Waals surface area contributed by atoms with Crippen LogP contribution in [-0.2, 0) is 24.2 Å². The Morgan fingerprint density at radius 1 is 0.962 bits per heavy atom. The predicted octanol–water partition coefficient (Wildman–Crippen LogP) is 4.28. The number of thiazole rings is 1. The van der Waals surface area contributed by atoms with Crippen molar-refractivity contribution in [3.8, 4) is 5.75 Å². The van der Waals surface area contributed by atoms with Gasteiger partial charge in [-0.3, -0.25) is 24.6 Å². The van der Waals surface area contributed by atoms with Gasteiger partial charge in [0.1, 0.15) is 16.1 Å². The maximum Gasteiger partial charge on any atom is 0.269 e. The third-order valence-electron chi connectivity index (χ3n) is 8.92. The van der Waals surface area contributed by atoms with E-state index in [0.717, 1.165) is 65.9 Å². The Bertz CT molecular complexity index is 2180. The van der Waals surface area contributed by atoms with E-state index in [2.05, 4.69) is 20.5 Å². The normalized spacial score (nSPS) is 13.7. The number of carbonyl (C=O) groups excluding carboxylic acids is 3. The summed E-state index contributed by atoms with van der Waals surface area (Å²) in [4.78, 5) is 55.7. The van der Waals surface area contributed by atoms with Gasteiger partial charge in [-0.25, -0.2) is 15.0 Å². The zero-order valence-corrected chi connectivity index (χ0v) is 31.9. The number of nitrogens with zero attached hydrogens (tertiary/aromatic N) is 6. The highest BCUT2D eigenvalue weighted by Crippen LogP contribution is 2.33. The first-order chi connectivity index (χ1) is 25.6. The van der Waals surface area contributed by atoms with Gasteiger partial charge in [-0.15, -0.1) is 23.1 Å². The molecule has 1 saturated heterocycles. The molecule has 3 aromatic heterocycles. The van der Waals surface area contributed by atoms with Gasteiger partial charge in [0.2, 0.25) is 23.7 Å². The summed E-state index contributed by atoms with van der Waals surface area (Å²) in [5.74, 6) is 0.00311. The zero-order valence-electron chi connectivity index (χ0n) is 30.2. The number of anilines is 2. The highest BCUT2D eigenvalue weighted by atomic mass is 32.2. The second-order valence-electron chi connectivity index (χ2n) is 12.4. The summed E-state index contributed by atoms with van der Waals surface area (Å²) in [7, 11) is 1.78. The van der Waals surface area contributed by atoms with Crippen molar-refractivity contribution >= 4 is 74.8 Å². The summed E-state index contributed by atoms with van der Waals surface area (Å²) in [6.45, 7) is 9.16. The SMILES string of the molecule is CCc1nc(C)sc1C(=O)Nc1nc2cc(C(N)=O)cc(SC)c2n1C/C=C/Cn1c(NC)nc2cc(C(N)=O)cc(OCCCN3CCOCC3)c21. The molecule has 6 rings (SSSR count). The van der Waals surface area contributed by atoms with Gasteiger partial charge >= 0.3 is 0 Å². The number of primary amides is 2. The average Bonchev–Trinajstić information content (AvgIpc) is 3.83. The van der Waals surface area contributed by atoms with Gasteiger partial charge in [0.25, 0.3) is 5.91 Å². The number of carbonyl (C=O) groups is 3. The Morgan fingerprint density at radius 3 is 2.25 bits per heavy atom. The number of ether oxygens (including phenoxy) is 2. The van der Waals surface area contributed by atoms with E-state index in [9.17, 15) is 14.4 Å². The fourth-order valence-corrected chi connectivity index (χ4v) is 7.91. The standard InChI is InChI=1S/C36H44N10O5S2/c1-5-24-31(53-21(2)40-24)34(49)43-36-42-26-18-23(33(38)48)20-28(52-4)30(26)46(36)11-7-6-10-45-29-25(41-35(45)39-3)17-22(32(37)47)19-27(29)51-14-8-9-44-12-15-50-16-13-44/h6-7,17-20H,5,8-16H2,1-4H3,(H2,37,47)(H2,38,48)(H,39,41)(H,42,43,49)/b7-6+. The number of aryl methyl sites for hydroxylation is 2. The highest BCUT2D eigenvalue weighted by Gasteiger charge is 2.22. The highest BCUT2D eigenvalue weighted by molar-refractivity contribution is 7.98. The van der Waals surface area contributed by atoms with Gasteiger partial charge in [-0.2, -0.15) is 0 Å². The minimum atomic E-state index is -0.565. The second kappa shape index (κ2) is 16.8. The Kier molecular flexibility index (Phi) is 12.0. The van der Waals surface area contributed by atoms with Gasteiger partial charge in [-0.05, 0) is 50.3 Å². The maximum absolute atomic E-state index is 13.6. The topological polar surface area (TPSA) is 198 Å². The van der Waals surface area contributed by atoms with Gasteiger partial charge in [-0.1, -0.05) is 19.1 Å². The maximum atomic E-state index is 13.6. The van der Waals surface area contributed by atoms with Crippen LogP contribution < -0.4 is 26.8 Å². The summed E-state index contributed by atoms with van der Waals surface area (Å²) in [5, 5.41) is 6.97. The van der Waals surface area contributed by atoms with E-state index >= 15 is 0 Å². The first-order valence-corrected chi connectivity index (χ1v) is 19.4. The van der Waals surface area contributed by atoms with E-state index < -0.39 is 11.8 Å². The van der Waals surface area contributed by atoms with Crippen LogP contribution in [0.3, 0.4) is 0 Å². The van der Waals surface area contributed by atoms with Crippen LogP contribution in [0.15, 0.2) is 41.3 Å². The summed E-state index contributed by atoms with van der Waals surface area (Å²) in [6, 6.07) is 6.72. The third kappa shape index (κ3) is 8.32. The number of morpholine rings is 1. The molecule has 6 N–H and O–H groups in total. The molecule has 0 atom stereocenters. The lowest BCUT2D eigenvalue weighted by Crippen LogP contribution is -2.37. The van der Waals surface area contributed by atoms with Crippen molar-refractivity contribution in [2.75, 3.05) is 63.4 Å². The number of thioether (sulfide) groups is 1. The predicted molar refractivity (Wildman–Crippen MR) is 209 cm³/mol. The molecule has 4 heterocycles. The van der Waals surface area contributed by atoms with Crippen LogP contribution in [0.5, 0.6) is 5.75 Å². The quantitative estimate of drug-likeness (QED) is 0.0636. The Labute approximate surface area is 315 Å². The van der Waals surface area contributed by atoms with Gasteiger partial charge in [0.15, 0.2) is 0 Å². The molecule has 1 aliphatic heterocycles. The molecular formula is C36H44N10O5S2. The lowest BCUT2D eigenvalue weighted by molar-refractivity contribution is 0.0358. The van der Waals surface area contributed by atoms with Crippen LogP contribution in [-0.4, -0.2) is 99.5 Å². The summed E-state index contributed by atoms with van der Waals surface area (Å²) < 4.78 is 15.6. The largest absolute Gasteiger partial charge is 0.491 e. The van der Waals surface area contributed by atoms with Gasteiger partial charge in [0.05, 0.1) is 47.1 Å². The van der Waals surface area contributed by atoms with Crippen molar-refractivity contribution in [2.45, 2.75) is 44.7 Å². The summed E-state index contributed by atoms with van der Waals surface area (Å²) in [5.41, 5.74) is 15.3. The average molecular weight is 761 g/mol. The number of rotatable bonds is 16. The number of nitrogens with one attached hydrogen (secondary N) is 2. The van der Waals surface area contributed by atoms with Crippen LogP contribution in [0.2, 0.25) is 0 Å². The first kappa shape index (κ1) is 37.8. The van der Waals surface area contributed by atoms with Crippen molar-refractivity contribution < 1.29 is 23.9 Å². The molecule has 2 aromatic carbocycles. The van der Waals surface area contributed by atoms with Crippen molar-refractivity contribution in [3.05, 3.63) is 63.1 Å². The van der Waals surface area contributed by atoms with Gasteiger partial charge in [0, 0.05) is 55.8 Å². The van der Waals surface area contributed by atoms with Crippen LogP contribution in [0.25, 0.3) is 22.1 Å². The molecule has 5 aromatic rings. The number of hydrogen-bond donors (Lipinski definition) is 4. The molecule has 15 nitrogen and oxygen atoms in total. The molecule has 1 fully saturated rings. The molecule has 0 radical (unpaired) electrons. The molecule has 0 bridgehead atoms. The van der Waals surface area contributed by atoms with Crippen molar-refractivity contribution in [1.29, 1.82) is 0 Å². The van der Waals surface area contributed by atoms with Crippen molar-refractivity contribution in [1.82, 2.24) is 29.0 Å². The lowest BCUT2D eigenvalue weighted by atomic mass is 10.1. The fourth-order valence-electron chi connectivity index (χ4n) is 6.35. The monoisotopic (exact) mass is 760 g/mol. The van der Waals surface area contributed by atoms with Crippen LogP contribution in [0.4, 0.5) is 11.9 Å². The van der Waals surface area contributed by atoms with Crippen LogP contribution in [0, 0.1) is 6.92 Å². The molecule has 3 amide bonds. The molecule has 0 spiro atoms. The van der Waals surface area contributed by atoms with Crippen LogP contribution >= 0.6 is 23.1 Å². The van der Waals surface area contributed by atoms with E-state index in [1.165, 1.54) is 23.1 Å². The molecule has 280 valence electrons. The number of allylic oxidation sites excluding steroid dienone is 2. The number of fused-ring (bicyclic) bond motifs is 2. The van der Waals surface area contributed by atoms with Crippen molar-refractivity contribution in [3.63, 3.8) is 0 Å². The molecule has 53 heavy (non-hydrogen) atoms. The van der Waals surface area contributed by atoms with E-state index in [4.69, 9.17) is 30.9 Å². The molecule has 0 aliphatic carbocycles. The molecule has 17 heteroatoms. The zero-order chi connectivity index (χ0) is 37.6. The number of aromatic nitrogens is 5. The van der Waals surface area contributed by atoms with Gasteiger partial charge < -0.3 is 35.4 Å². The Morgan fingerprint density at radius 2 is 1.60 bits per heavy atom. The fraction of sp³-hybridized carbons (Fsp3) is 0.389.